The predicted octanol–water partition coefficient (Wildman–Crippen LogP) is 5.92. The molecule has 3 aromatic rings. The van der Waals surface area contributed by atoms with E-state index in [1.165, 1.54) is 51.4 Å². The zero-order valence-corrected chi connectivity index (χ0v) is 19.1. The normalized spacial score (nSPS) is 12.3. The molecule has 6 heteroatoms. The number of carboxylic acid groups (broad SMARTS) is 1. The van der Waals surface area contributed by atoms with Crippen LogP contribution in [0.15, 0.2) is 40.9 Å². The summed E-state index contributed by atoms with van der Waals surface area (Å²) >= 11 is 0. The van der Waals surface area contributed by atoms with E-state index >= 15 is 0 Å². The molecule has 0 saturated heterocycles. The molecule has 32 heavy (non-hydrogen) atoms. The number of aromatic nitrogens is 2. The van der Waals surface area contributed by atoms with Gasteiger partial charge in [-0.05, 0) is 35.2 Å². The Balaban J connectivity index is 1.59. The molecule has 1 heterocycles. The van der Waals surface area contributed by atoms with E-state index in [-0.39, 0.29) is 6.42 Å². The minimum atomic E-state index is -1.00. The summed E-state index contributed by atoms with van der Waals surface area (Å²) in [4.78, 5) is 15.8. The van der Waals surface area contributed by atoms with Gasteiger partial charge in [-0.3, -0.25) is 4.79 Å². The Labute approximate surface area is 190 Å². The van der Waals surface area contributed by atoms with Crippen molar-refractivity contribution in [2.45, 2.75) is 83.6 Å². The number of carboxylic acids is 1. The third kappa shape index (κ3) is 6.63. The lowest BCUT2D eigenvalue weighted by Crippen LogP contribution is -2.32. The summed E-state index contributed by atoms with van der Waals surface area (Å²) < 4.78 is 5.57. The van der Waals surface area contributed by atoms with E-state index in [9.17, 15) is 4.79 Å². The Kier molecular flexibility index (Phi) is 9.23. The van der Waals surface area contributed by atoms with Crippen LogP contribution in [0.25, 0.3) is 22.2 Å². The number of carbonyl (C=O) groups is 1. The highest BCUT2D eigenvalue weighted by Gasteiger charge is 2.17. The summed E-state index contributed by atoms with van der Waals surface area (Å²) in [5.74, 6) is 0.237. The first-order valence-corrected chi connectivity index (χ1v) is 11.9. The molecule has 0 saturated carbocycles. The monoisotopic (exact) mass is 437 g/mol. The fraction of sp³-hybridized carbons (Fsp3) is 0.500. The maximum atomic E-state index is 11.2. The van der Waals surface area contributed by atoms with Crippen LogP contribution in [-0.2, 0) is 17.6 Å². The van der Waals surface area contributed by atoms with Crippen molar-refractivity contribution >= 4 is 16.7 Å². The number of fused-ring (bicyclic) bond motifs is 1. The van der Waals surface area contributed by atoms with Crippen LogP contribution in [0.1, 0.15) is 76.1 Å². The van der Waals surface area contributed by atoms with Crippen LogP contribution in [0.4, 0.5) is 0 Å². The number of hydrogen-bond donors (Lipinski definition) is 2. The van der Waals surface area contributed by atoms with Gasteiger partial charge in [-0.15, -0.1) is 0 Å². The number of benzene rings is 2. The minimum Gasteiger partial charge on any atom is -0.480 e. The van der Waals surface area contributed by atoms with E-state index in [4.69, 9.17) is 15.4 Å². The third-order valence-electron chi connectivity index (χ3n) is 5.97. The zero-order chi connectivity index (χ0) is 22.8. The number of nitrogens with zero attached hydrogens (tertiary/aromatic N) is 2. The Bertz CT molecular complexity index is 999. The molecule has 0 amide bonds. The number of aliphatic carboxylic acids is 1. The standard InChI is InChI=1S/C26H35N3O3/c1-2-3-4-5-6-7-8-9-10-15-24-28-25(32-29-24)22-17-16-19(18-23(27)26(30)31)20-13-11-12-14-21(20)22/h11-14,16-17,23H,2-10,15,18,27H2,1H3,(H,30,31). The molecule has 0 aliphatic heterocycles. The average molecular weight is 438 g/mol. The molecular weight excluding hydrogens is 402 g/mol. The molecule has 6 nitrogen and oxygen atoms in total. The van der Waals surface area contributed by atoms with E-state index in [0.29, 0.717) is 5.89 Å². The van der Waals surface area contributed by atoms with Gasteiger partial charge < -0.3 is 15.4 Å². The van der Waals surface area contributed by atoms with Gasteiger partial charge in [0, 0.05) is 12.0 Å². The summed E-state index contributed by atoms with van der Waals surface area (Å²) in [6.45, 7) is 2.25. The largest absolute Gasteiger partial charge is 0.480 e. The SMILES string of the molecule is CCCCCCCCCCCc1noc(-c2ccc(CC(N)C(=O)O)c3ccccc23)n1. The van der Waals surface area contributed by atoms with Gasteiger partial charge in [0.25, 0.3) is 5.89 Å². The quantitative estimate of drug-likeness (QED) is 0.304. The molecule has 1 aromatic heterocycles. The fourth-order valence-corrected chi connectivity index (χ4v) is 4.11. The number of nitrogens with two attached hydrogens (primary N) is 1. The summed E-state index contributed by atoms with van der Waals surface area (Å²) in [6.07, 6.45) is 12.6. The number of rotatable bonds is 14. The second kappa shape index (κ2) is 12.3. The minimum absolute atomic E-state index is 0.268. The summed E-state index contributed by atoms with van der Waals surface area (Å²) in [7, 11) is 0. The van der Waals surface area contributed by atoms with Crippen LogP contribution in [-0.4, -0.2) is 27.3 Å². The number of unbranched alkanes of at least 4 members (excludes halogenated alkanes) is 8. The molecule has 0 fully saturated rings. The van der Waals surface area contributed by atoms with Crippen LogP contribution in [0.2, 0.25) is 0 Å². The van der Waals surface area contributed by atoms with Gasteiger partial charge in [-0.25, -0.2) is 0 Å². The molecule has 0 aliphatic carbocycles. The fourth-order valence-electron chi connectivity index (χ4n) is 4.11. The van der Waals surface area contributed by atoms with Crippen molar-refractivity contribution in [3.05, 3.63) is 47.8 Å². The topological polar surface area (TPSA) is 102 Å². The molecule has 1 atom stereocenters. The van der Waals surface area contributed by atoms with Gasteiger partial charge >= 0.3 is 5.97 Å². The van der Waals surface area contributed by atoms with Gasteiger partial charge in [0.2, 0.25) is 0 Å². The zero-order valence-electron chi connectivity index (χ0n) is 19.1. The van der Waals surface area contributed by atoms with Gasteiger partial charge in [-0.2, -0.15) is 4.98 Å². The number of aryl methyl sites for hydroxylation is 1. The van der Waals surface area contributed by atoms with Crippen LogP contribution in [0.3, 0.4) is 0 Å². The molecule has 172 valence electrons. The van der Waals surface area contributed by atoms with E-state index < -0.39 is 12.0 Å². The van der Waals surface area contributed by atoms with Crippen LogP contribution in [0, 0.1) is 0 Å². The van der Waals surface area contributed by atoms with E-state index in [0.717, 1.165) is 40.6 Å². The van der Waals surface area contributed by atoms with Gasteiger partial charge in [0.05, 0.1) is 0 Å². The van der Waals surface area contributed by atoms with Crippen molar-refractivity contribution in [2.24, 2.45) is 5.73 Å². The highest BCUT2D eigenvalue weighted by molar-refractivity contribution is 5.97. The summed E-state index contributed by atoms with van der Waals surface area (Å²) in [5.41, 5.74) is 7.51. The molecule has 3 N–H and O–H groups in total. The van der Waals surface area contributed by atoms with Crippen molar-refractivity contribution in [1.29, 1.82) is 0 Å². The third-order valence-corrected chi connectivity index (χ3v) is 5.97. The van der Waals surface area contributed by atoms with Crippen molar-refractivity contribution in [3.63, 3.8) is 0 Å². The molecule has 0 radical (unpaired) electrons. The summed E-state index contributed by atoms with van der Waals surface area (Å²) in [5, 5.41) is 15.2. The predicted molar refractivity (Wildman–Crippen MR) is 127 cm³/mol. The summed E-state index contributed by atoms with van der Waals surface area (Å²) in [6, 6.07) is 10.7. The smallest absolute Gasteiger partial charge is 0.320 e. The Morgan fingerprint density at radius 3 is 2.31 bits per heavy atom. The first kappa shape index (κ1) is 23.9. The molecule has 3 rings (SSSR count). The van der Waals surface area contributed by atoms with Crippen molar-refractivity contribution < 1.29 is 14.4 Å². The van der Waals surface area contributed by atoms with Crippen LogP contribution in [0.5, 0.6) is 0 Å². The van der Waals surface area contributed by atoms with Gasteiger partial charge in [0.15, 0.2) is 5.82 Å². The first-order chi connectivity index (χ1) is 15.6. The van der Waals surface area contributed by atoms with Crippen molar-refractivity contribution in [1.82, 2.24) is 10.1 Å². The highest BCUT2D eigenvalue weighted by atomic mass is 16.5. The molecule has 0 spiro atoms. The lowest BCUT2D eigenvalue weighted by atomic mass is 9.95. The van der Waals surface area contributed by atoms with Gasteiger partial charge in [0.1, 0.15) is 6.04 Å². The van der Waals surface area contributed by atoms with E-state index in [1.54, 1.807) is 0 Å². The molecule has 1 unspecified atom stereocenters. The lowest BCUT2D eigenvalue weighted by molar-refractivity contribution is -0.138. The lowest BCUT2D eigenvalue weighted by Gasteiger charge is -2.11. The Morgan fingerprint density at radius 1 is 0.969 bits per heavy atom. The van der Waals surface area contributed by atoms with E-state index in [2.05, 4.69) is 17.1 Å². The van der Waals surface area contributed by atoms with Crippen molar-refractivity contribution in [3.8, 4) is 11.5 Å². The maximum absolute atomic E-state index is 11.2. The Morgan fingerprint density at radius 2 is 1.62 bits per heavy atom. The van der Waals surface area contributed by atoms with E-state index in [1.807, 2.05) is 36.4 Å². The second-order valence-corrected chi connectivity index (χ2v) is 8.56. The number of hydrogen-bond acceptors (Lipinski definition) is 5. The Hall–Kier alpha value is -2.73. The molecule has 0 aliphatic rings. The molecule has 2 aromatic carbocycles. The average Bonchev–Trinajstić information content (AvgIpc) is 3.26. The van der Waals surface area contributed by atoms with Crippen LogP contribution < -0.4 is 5.73 Å². The maximum Gasteiger partial charge on any atom is 0.320 e. The first-order valence-electron chi connectivity index (χ1n) is 11.9. The van der Waals surface area contributed by atoms with Gasteiger partial charge in [-0.1, -0.05) is 93.8 Å². The van der Waals surface area contributed by atoms with Crippen LogP contribution >= 0.6 is 0 Å². The second-order valence-electron chi connectivity index (χ2n) is 8.56. The highest BCUT2D eigenvalue weighted by Crippen LogP contribution is 2.30. The van der Waals surface area contributed by atoms with Crippen molar-refractivity contribution in [2.75, 3.05) is 0 Å². The molecular formula is C26H35N3O3. The molecule has 0 bridgehead atoms.